The van der Waals surface area contributed by atoms with Gasteiger partial charge in [0.1, 0.15) is 12.6 Å². The van der Waals surface area contributed by atoms with Crippen LogP contribution >= 0.6 is 0 Å². The van der Waals surface area contributed by atoms with Crippen LogP contribution in [0.1, 0.15) is 96.8 Å². The van der Waals surface area contributed by atoms with Crippen molar-refractivity contribution in [3.8, 4) is 0 Å². The van der Waals surface area contributed by atoms with Crippen molar-refractivity contribution in [1.29, 1.82) is 0 Å². The van der Waals surface area contributed by atoms with E-state index in [1.807, 2.05) is 0 Å². The average Bonchev–Trinajstić information content (AvgIpc) is 3.30. The molecule has 380 valence electrons. The Bertz CT molecular complexity index is 1010. The maximum Gasteiger partial charge on any atom is 0.252 e. The SMILES string of the molecule is CCCCCCCCC=CCCCCCCCC(=O)N[C@@H](CO)C(=O)C(O)(COCCOCCOCCOCCOCCOCCOCCOCCOCCOCCOCCO)OC. The molecule has 0 aromatic carbocycles. The molecule has 18 heteroatoms. The van der Waals surface area contributed by atoms with Crippen molar-refractivity contribution < 1.29 is 81.8 Å². The number of hydrogen-bond donors (Lipinski definition) is 4. The highest BCUT2D eigenvalue weighted by Crippen LogP contribution is 2.13. The molecule has 0 heterocycles. The molecule has 0 aliphatic heterocycles. The first-order chi connectivity index (χ1) is 31.4. The number of methoxy groups -OCH3 is 1. The van der Waals surface area contributed by atoms with E-state index in [9.17, 15) is 19.8 Å². The second-order valence-electron chi connectivity index (χ2n) is 14.9. The summed E-state index contributed by atoms with van der Waals surface area (Å²) < 4.78 is 64.6. The molecule has 0 spiro atoms. The van der Waals surface area contributed by atoms with Crippen LogP contribution in [0.15, 0.2) is 12.2 Å². The summed E-state index contributed by atoms with van der Waals surface area (Å²) in [5.74, 6) is -3.60. The fraction of sp³-hybridized carbons (Fsp3) is 0.913. The Labute approximate surface area is 384 Å². The van der Waals surface area contributed by atoms with Gasteiger partial charge in [-0.05, 0) is 32.1 Å². The quantitative estimate of drug-likeness (QED) is 0.0390. The zero-order valence-corrected chi connectivity index (χ0v) is 39.7. The number of ketones is 1. The van der Waals surface area contributed by atoms with Gasteiger partial charge < -0.3 is 77.5 Å². The van der Waals surface area contributed by atoms with Crippen LogP contribution in [0.5, 0.6) is 0 Å². The number of unbranched alkanes of at least 4 members (excludes halogenated alkanes) is 11. The molecule has 4 N–H and O–H groups in total. The number of amides is 1. The second kappa shape index (κ2) is 50.7. The van der Waals surface area contributed by atoms with Gasteiger partial charge >= 0.3 is 0 Å². The molecular formula is C46H89NO17. The molecule has 0 rings (SSSR count). The first-order valence-electron chi connectivity index (χ1n) is 23.8. The Morgan fingerprint density at radius 3 is 1.16 bits per heavy atom. The molecule has 0 aromatic heterocycles. The zero-order valence-electron chi connectivity index (χ0n) is 39.7. The summed E-state index contributed by atoms with van der Waals surface area (Å²) in [6, 6.07) is -1.32. The fourth-order valence-corrected chi connectivity index (χ4v) is 5.79. The highest BCUT2D eigenvalue weighted by atomic mass is 16.6. The molecule has 0 saturated carbocycles. The summed E-state index contributed by atoms with van der Waals surface area (Å²) in [6.07, 6.45) is 19.8. The number of aliphatic hydroxyl groups is 3. The fourth-order valence-electron chi connectivity index (χ4n) is 5.79. The van der Waals surface area contributed by atoms with E-state index in [0.29, 0.717) is 132 Å². The van der Waals surface area contributed by atoms with Gasteiger partial charge in [-0.25, -0.2) is 0 Å². The lowest BCUT2D eigenvalue weighted by atomic mass is 10.0. The predicted octanol–water partition coefficient (Wildman–Crippen LogP) is 3.58. The number of hydrogen-bond acceptors (Lipinski definition) is 17. The molecule has 2 atom stereocenters. The van der Waals surface area contributed by atoms with Crippen LogP contribution in [0.4, 0.5) is 0 Å². The maximum absolute atomic E-state index is 13.0. The van der Waals surface area contributed by atoms with Crippen molar-refractivity contribution >= 4 is 11.7 Å². The monoisotopic (exact) mass is 928 g/mol. The summed E-state index contributed by atoms with van der Waals surface area (Å²) in [6.45, 7) is 9.64. The molecule has 0 aliphatic carbocycles. The molecule has 64 heavy (non-hydrogen) atoms. The molecule has 0 bridgehead atoms. The molecular weight excluding hydrogens is 838 g/mol. The standard InChI is InChI=1S/C46H89NO17/c1-3-4-5-6-7-8-9-10-11-12-13-14-15-16-17-18-44(50)47-43(41-49)45(51)46(52,53-2)42-64-40-39-63-38-37-62-36-35-61-34-33-60-32-31-59-30-29-58-28-27-57-26-25-56-24-23-55-22-21-54-20-19-48/h10-11,43,48-49,52H,3-9,12-42H2,1-2H3,(H,47,50)/t43-,46?/m0/s1. The highest BCUT2D eigenvalue weighted by Gasteiger charge is 2.41. The number of rotatable bonds is 54. The Hall–Kier alpha value is -1.72. The van der Waals surface area contributed by atoms with Crippen LogP contribution in [-0.2, 0) is 66.4 Å². The first-order valence-corrected chi connectivity index (χ1v) is 23.8. The van der Waals surface area contributed by atoms with Crippen LogP contribution in [0.3, 0.4) is 0 Å². The summed E-state index contributed by atoms with van der Waals surface area (Å²) >= 11 is 0. The number of carbonyl (C=O) groups is 2. The molecule has 18 nitrogen and oxygen atoms in total. The number of Topliss-reactive ketones (excluding diaryl/α,β-unsaturated/α-hetero) is 1. The highest BCUT2D eigenvalue weighted by molar-refractivity contribution is 5.94. The summed E-state index contributed by atoms with van der Waals surface area (Å²) in [4.78, 5) is 25.4. The number of aliphatic hydroxyl groups excluding tert-OH is 2. The van der Waals surface area contributed by atoms with E-state index in [-0.39, 0.29) is 32.1 Å². The minimum Gasteiger partial charge on any atom is -0.394 e. The van der Waals surface area contributed by atoms with Crippen LogP contribution < -0.4 is 5.32 Å². The lowest BCUT2D eigenvalue weighted by Crippen LogP contribution is -2.56. The lowest BCUT2D eigenvalue weighted by molar-refractivity contribution is -0.217. The molecule has 0 saturated heterocycles. The number of ether oxygens (including phenoxy) is 12. The Morgan fingerprint density at radius 2 is 0.812 bits per heavy atom. The molecule has 0 radical (unpaired) electrons. The van der Waals surface area contributed by atoms with Gasteiger partial charge in [0.2, 0.25) is 11.7 Å². The van der Waals surface area contributed by atoms with E-state index in [2.05, 4.69) is 24.4 Å². The van der Waals surface area contributed by atoms with Crippen molar-refractivity contribution in [2.75, 3.05) is 166 Å². The van der Waals surface area contributed by atoms with Crippen molar-refractivity contribution in [2.45, 2.75) is 109 Å². The van der Waals surface area contributed by atoms with E-state index in [1.54, 1.807) is 0 Å². The summed E-state index contributed by atoms with van der Waals surface area (Å²) in [5, 5.41) is 31.7. The van der Waals surface area contributed by atoms with Crippen LogP contribution in [0, 0.1) is 0 Å². The molecule has 0 fully saturated rings. The van der Waals surface area contributed by atoms with Gasteiger partial charge in [-0.1, -0.05) is 70.4 Å². The largest absolute Gasteiger partial charge is 0.394 e. The van der Waals surface area contributed by atoms with E-state index in [1.165, 1.54) is 38.5 Å². The molecule has 1 amide bonds. The van der Waals surface area contributed by atoms with Crippen molar-refractivity contribution in [3.63, 3.8) is 0 Å². The van der Waals surface area contributed by atoms with Gasteiger partial charge in [-0.3, -0.25) is 9.59 Å². The van der Waals surface area contributed by atoms with Gasteiger partial charge in [-0.15, -0.1) is 0 Å². The molecule has 0 aliphatic rings. The molecule has 0 aromatic rings. The van der Waals surface area contributed by atoms with Gasteiger partial charge in [-0.2, -0.15) is 0 Å². The van der Waals surface area contributed by atoms with E-state index < -0.39 is 30.8 Å². The number of nitrogens with one attached hydrogen (secondary N) is 1. The summed E-state index contributed by atoms with van der Waals surface area (Å²) in [5.41, 5.74) is 0. The number of carbonyl (C=O) groups excluding carboxylic acids is 2. The topological polar surface area (TPSA) is 218 Å². The van der Waals surface area contributed by atoms with E-state index >= 15 is 0 Å². The predicted molar refractivity (Wildman–Crippen MR) is 242 cm³/mol. The maximum atomic E-state index is 13.0. The van der Waals surface area contributed by atoms with Gasteiger partial charge in [0.15, 0.2) is 0 Å². The van der Waals surface area contributed by atoms with Gasteiger partial charge in [0.05, 0.1) is 152 Å². The van der Waals surface area contributed by atoms with E-state index in [0.717, 1.165) is 45.6 Å². The third kappa shape index (κ3) is 42.9. The molecule has 1 unspecified atom stereocenters. The van der Waals surface area contributed by atoms with Crippen LogP contribution in [0.2, 0.25) is 0 Å². The normalized spacial score (nSPS) is 13.2. The minimum atomic E-state index is -2.34. The summed E-state index contributed by atoms with van der Waals surface area (Å²) in [7, 11) is 1.16. The lowest BCUT2D eigenvalue weighted by Gasteiger charge is -2.28. The van der Waals surface area contributed by atoms with Gasteiger partial charge in [0.25, 0.3) is 5.79 Å². The first kappa shape index (κ1) is 62.3. The van der Waals surface area contributed by atoms with E-state index in [4.69, 9.17) is 61.9 Å². The third-order valence-corrected chi connectivity index (χ3v) is 9.48. The number of allylic oxidation sites excluding steroid dienone is 2. The van der Waals surface area contributed by atoms with Gasteiger partial charge in [0, 0.05) is 13.5 Å². The minimum absolute atomic E-state index is 0.0118. The second-order valence-corrected chi connectivity index (χ2v) is 14.9. The van der Waals surface area contributed by atoms with Crippen molar-refractivity contribution in [2.24, 2.45) is 0 Å². The smallest absolute Gasteiger partial charge is 0.252 e. The van der Waals surface area contributed by atoms with Crippen LogP contribution in [-0.4, -0.2) is 205 Å². The van der Waals surface area contributed by atoms with Crippen molar-refractivity contribution in [1.82, 2.24) is 5.32 Å². The zero-order chi connectivity index (χ0) is 46.7. The van der Waals surface area contributed by atoms with Crippen LogP contribution in [0.25, 0.3) is 0 Å². The third-order valence-electron chi connectivity index (χ3n) is 9.48. The Kier molecular flexibility index (Phi) is 49.3. The Morgan fingerprint density at radius 1 is 0.484 bits per heavy atom. The Balaban J connectivity index is 3.62. The average molecular weight is 928 g/mol. The van der Waals surface area contributed by atoms with Crippen molar-refractivity contribution in [3.05, 3.63) is 12.2 Å².